The maximum Gasteiger partial charge on any atom is 0.412 e. The molecular weight excluding hydrogens is 354 g/mol. The normalized spacial score (nSPS) is 12.2. The number of para-hydroxylation sites is 1. The minimum Gasteiger partial charge on any atom is -0.410 e. The molecule has 1 aromatic heterocycles. The quantitative estimate of drug-likeness (QED) is 0.374. The van der Waals surface area contributed by atoms with Crippen LogP contribution in [0.5, 0.6) is 5.75 Å². The summed E-state index contributed by atoms with van der Waals surface area (Å²) in [4.78, 5) is 29.4. The number of rotatable bonds is 8. The van der Waals surface area contributed by atoms with E-state index in [1.807, 2.05) is 23.6 Å². The van der Waals surface area contributed by atoms with Crippen LogP contribution in [0.3, 0.4) is 0 Å². The molecule has 1 atom stereocenters. The van der Waals surface area contributed by atoms with Crippen LogP contribution >= 0.6 is 11.3 Å². The van der Waals surface area contributed by atoms with Crippen LogP contribution in [0.4, 0.5) is 4.79 Å². The molecular formula is C18H21N3O4S. The topological polar surface area (TPSA) is 103 Å². The van der Waals surface area contributed by atoms with Crippen molar-refractivity contribution in [2.75, 3.05) is 13.1 Å². The molecule has 1 aromatic carbocycles. The summed E-state index contributed by atoms with van der Waals surface area (Å²) in [5, 5.41) is 7.19. The van der Waals surface area contributed by atoms with Crippen molar-refractivity contribution in [3.05, 3.63) is 58.8 Å². The molecule has 0 aliphatic heterocycles. The molecule has 0 aliphatic rings. The van der Waals surface area contributed by atoms with Gasteiger partial charge in [0.25, 0.3) is 0 Å². The number of hydrogen-bond donors (Lipinski definition) is 3. The summed E-state index contributed by atoms with van der Waals surface area (Å²) in [6.07, 6.45) is 1.08. The molecule has 1 unspecified atom stereocenters. The lowest BCUT2D eigenvalue weighted by molar-refractivity contribution is -0.123. The van der Waals surface area contributed by atoms with E-state index in [1.165, 1.54) is 11.3 Å². The Hall–Kier alpha value is -2.84. The second-order valence-corrected chi connectivity index (χ2v) is 6.28. The van der Waals surface area contributed by atoms with Crippen molar-refractivity contribution in [3.8, 4) is 5.75 Å². The van der Waals surface area contributed by atoms with Gasteiger partial charge in [0.15, 0.2) is 5.76 Å². The number of benzene rings is 1. The largest absolute Gasteiger partial charge is 0.412 e. The molecule has 8 heteroatoms. The molecule has 0 aliphatic carbocycles. The van der Waals surface area contributed by atoms with E-state index in [0.717, 1.165) is 4.88 Å². The zero-order chi connectivity index (χ0) is 18.8. The summed E-state index contributed by atoms with van der Waals surface area (Å²) >= 11 is 1.47. The van der Waals surface area contributed by atoms with Crippen molar-refractivity contribution in [2.24, 2.45) is 11.8 Å². The number of ether oxygens (including phenoxy) is 1. The van der Waals surface area contributed by atoms with E-state index < -0.39 is 12.0 Å². The van der Waals surface area contributed by atoms with Crippen molar-refractivity contribution >= 4 is 29.1 Å². The van der Waals surface area contributed by atoms with E-state index in [1.54, 1.807) is 37.3 Å². The van der Waals surface area contributed by atoms with Gasteiger partial charge in [-0.15, -0.1) is 11.3 Å². The number of carbonyl (C=O) groups is 2. The molecule has 2 aromatic rings. The molecule has 26 heavy (non-hydrogen) atoms. The summed E-state index contributed by atoms with van der Waals surface area (Å²) < 4.78 is 5.08. The zero-order valence-corrected chi connectivity index (χ0v) is 15.1. The van der Waals surface area contributed by atoms with Gasteiger partial charge in [-0.05, 0) is 36.6 Å². The van der Waals surface area contributed by atoms with Crippen molar-refractivity contribution in [2.45, 2.75) is 6.92 Å². The first-order valence-electron chi connectivity index (χ1n) is 8.01. The number of nitrogens with one attached hydrogen (secondary N) is 2. The molecule has 7 nitrogen and oxygen atoms in total. The molecule has 0 saturated heterocycles. The monoisotopic (exact) mass is 375 g/mol. The predicted octanol–water partition coefficient (Wildman–Crippen LogP) is 2.52. The summed E-state index contributed by atoms with van der Waals surface area (Å²) in [6, 6.07) is 12.5. The molecule has 4 N–H and O–H groups in total. The van der Waals surface area contributed by atoms with Gasteiger partial charge in [-0.1, -0.05) is 24.3 Å². The first-order valence-corrected chi connectivity index (χ1v) is 8.89. The highest BCUT2D eigenvalue weighted by Gasteiger charge is 2.13. The summed E-state index contributed by atoms with van der Waals surface area (Å²) in [7, 11) is 0. The molecule has 0 radical (unpaired) electrons. The Bertz CT molecular complexity index is 732. The average molecular weight is 375 g/mol. The predicted molar refractivity (Wildman–Crippen MR) is 100 cm³/mol. The zero-order valence-electron chi connectivity index (χ0n) is 14.3. The van der Waals surface area contributed by atoms with Crippen LogP contribution in [0.15, 0.2) is 53.9 Å². The average Bonchev–Trinajstić information content (AvgIpc) is 3.18. The Balaban J connectivity index is 1.71. The van der Waals surface area contributed by atoms with Gasteiger partial charge < -0.3 is 20.2 Å². The van der Waals surface area contributed by atoms with Gasteiger partial charge >= 0.3 is 6.09 Å². The van der Waals surface area contributed by atoms with Gasteiger partial charge in [0.1, 0.15) is 5.75 Å². The van der Waals surface area contributed by atoms with Crippen LogP contribution in [-0.2, 0) is 9.63 Å². The minimum atomic E-state index is -0.574. The van der Waals surface area contributed by atoms with Crippen LogP contribution < -0.4 is 21.3 Å². The third kappa shape index (κ3) is 6.23. The van der Waals surface area contributed by atoms with Crippen LogP contribution in [0.1, 0.15) is 11.8 Å². The smallest absolute Gasteiger partial charge is 0.410 e. The van der Waals surface area contributed by atoms with Crippen LogP contribution in [0, 0.1) is 5.92 Å². The standard InChI is InChI=1S/C18H21N3O4S/c1-13(12-15(25-19)16-8-5-11-26-16)17(22)20-9-10-21-18(23)24-14-6-3-2-4-7-14/h2-8,11-13H,9-10,19H2,1H3,(H,20,22)(H,21,23)/b15-12-. The Morgan fingerprint density at radius 2 is 1.88 bits per heavy atom. The van der Waals surface area contributed by atoms with Crippen molar-refractivity contribution < 1.29 is 19.2 Å². The molecule has 2 amide bonds. The lowest BCUT2D eigenvalue weighted by atomic mass is 10.1. The van der Waals surface area contributed by atoms with E-state index in [0.29, 0.717) is 11.5 Å². The van der Waals surface area contributed by atoms with E-state index in [-0.39, 0.29) is 19.0 Å². The Kier molecular flexibility index (Phi) is 7.66. The van der Waals surface area contributed by atoms with Gasteiger partial charge in [0.05, 0.1) is 10.8 Å². The summed E-state index contributed by atoms with van der Waals surface area (Å²) in [6.45, 7) is 2.26. The summed E-state index contributed by atoms with van der Waals surface area (Å²) in [5.41, 5.74) is 0. The second kappa shape index (κ2) is 10.2. The lowest BCUT2D eigenvalue weighted by Gasteiger charge is -2.11. The molecule has 138 valence electrons. The first kappa shape index (κ1) is 19.5. The van der Waals surface area contributed by atoms with Crippen molar-refractivity contribution in [1.82, 2.24) is 10.6 Å². The van der Waals surface area contributed by atoms with E-state index >= 15 is 0 Å². The van der Waals surface area contributed by atoms with Gasteiger partial charge in [0.2, 0.25) is 5.91 Å². The van der Waals surface area contributed by atoms with Crippen molar-refractivity contribution in [1.29, 1.82) is 0 Å². The van der Waals surface area contributed by atoms with Crippen LogP contribution in [0.2, 0.25) is 0 Å². The van der Waals surface area contributed by atoms with Crippen LogP contribution in [0.25, 0.3) is 5.76 Å². The first-order chi connectivity index (χ1) is 12.6. The number of carbonyl (C=O) groups excluding carboxylic acids is 2. The SMILES string of the molecule is CC(/C=C(\ON)c1cccs1)C(=O)NCCNC(=O)Oc1ccccc1. The maximum absolute atomic E-state index is 12.1. The van der Waals surface area contributed by atoms with Gasteiger partial charge in [-0.2, -0.15) is 5.90 Å². The maximum atomic E-state index is 12.1. The van der Waals surface area contributed by atoms with Crippen LogP contribution in [-0.4, -0.2) is 25.1 Å². The fraction of sp³-hybridized carbons (Fsp3) is 0.222. The molecule has 2 rings (SSSR count). The van der Waals surface area contributed by atoms with Gasteiger partial charge in [0, 0.05) is 13.1 Å². The van der Waals surface area contributed by atoms with E-state index in [2.05, 4.69) is 10.6 Å². The highest BCUT2D eigenvalue weighted by Crippen LogP contribution is 2.21. The molecule has 0 bridgehead atoms. The highest BCUT2D eigenvalue weighted by atomic mass is 32.1. The third-order valence-corrected chi connectivity index (χ3v) is 4.24. The summed E-state index contributed by atoms with van der Waals surface area (Å²) in [5.74, 6) is 5.54. The molecule has 0 fully saturated rings. The van der Waals surface area contributed by atoms with Gasteiger partial charge in [-0.3, -0.25) is 4.79 Å². The Morgan fingerprint density at radius 3 is 2.54 bits per heavy atom. The fourth-order valence-electron chi connectivity index (χ4n) is 2.04. The van der Waals surface area contributed by atoms with E-state index in [9.17, 15) is 9.59 Å². The van der Waals surface area contributed by atoms with Gasteiger partial charge in [-0.25, -0.2) is 4.79 Å². The number of thiophene rings is 1. The lowest BCUT2D eigenvalue weighted by Crippen LogP contribution is -2.37. The molecule has 0 spiro atoms. The van der Waals surface area contributed by atoms with E-state index in [4.69, 9.17) is 15.5 Å². The molecule has 0 saturated carbocycles. The Labute approximate surface area is 155 Å². The number of nitrogens with two attached hydrogens (primary N) is 1. The minimum absolute atomic E-state index is 0.200. The molecule has 1 heterocycles. The number of hydrogen-bond acceptors (Lipinski definition) is 6. The highest BCUT2D eigenvalue weighted by molar-refractivity contribution is 7.11. The Morgan fingerprint density at radius 1 is 1.15 bits per heavy atom. The fourth-order valence-corrected chi connectivity index (χ4v) is 2.74. The number of amides is 2. The second-order valence-electron chi connectivity index (χ2n) is 5.34. The third-order valence-electron chi connectivity index (χ3n) is 3.35. The van der Waals surface area contributed by atoms with Crippen molar-refractivity contribution in [3.63, 3.8) is 0 Å².